The molecule has 1 saturated carbocycles. The molecule has 5 heteroatoms. The van der Waals surface area contributed by atoms with Crippen molar-refractivity contribution in [3.63, 3.8) is 0 Å². The number of aromatic nitrogens is 1. The van der Waals surface area contributed by atoms with E-state index in [4.69, 9.17) is 0 Å². The summed E-state index contributed by atoms with van der Waals surface area (Å²) in [6.07, 6.45) is 3.97. The van der Waals surface area contributed by atoms with Crippen LogP contribution in [0.2, 0.25) is 0 Å². The van der Waals surface area contributed by atoms with Crippen LogP contribution in [0.5, 0.6) is 0 Å². The Morgan fingerprint density at radius 3 is 2.55 bits per heavy atom. The standard InChI is InChI=1S/C15H23BrN2OS/c1-10-8-12(16)9-17-13(10)15(7-6-11(15)2)18-20(19)14(3,4)5/h8-9,11,18H,6-7H2,1-5H3/t11-,15?,20?/m0/s1. The van der Waals surface area contributed by atoms with Gasteiger partial charge in [0.2, 0.25) is 0 Å². The number of rotatable bonds is 3. The van der Waals surface area contributed by atoms with Gasteiger partial charge in [-0.05, 0) is 74.0 Å². The molecule has 20 heavy (non-hydrogen) atoms. The highest BCUT2D eigenvalue weighted by Gasteiger charge is 2.49. The summed E-state index contributed by atoms with van der Waals surface area (Å²) in [5.74, 6) is 0.446. The van der Waals surface area contributed by atoms with Gasteiger partial charge in [0.25, 0.3) is 0 Å². The van der Waals surface area contributed by atoms with Crippen molar-refractivity contribution in [1.82, 2.24) is 9.71 Å². The fourth-order valence-electron chi connectivity index (χ4n) is 2.60. The van der Waals surface area contributed by atoms with E-state index < -0.39 is 11.0 Å². The molecule has 1 aliphatic rings. The summed E-state index contributed by atoms with van der Waals surface area (Å²) in [6, 6.07) is 2.08. The molecule has 1 N–H and O–H groups in total. The van der Waals surface area contributed by atoms with Gasteiger partial charge in [-0.15, -0.1) is 0 Å². The number of hydrogen-bond acceptors (Lipinski definition) is 2. The predicted molar refractivity (Wildman–Crippen MR) is 87.8 cm³/mol. The Morgan fingerprint density at radius 2 is 2.15 bits per heavy atom. The summed E-state index contributed by atoms with van der Waals surface area (Å²) in [7, 11) is -1.09. The quantitative estimate of drug-likeness (QED) is 0.891. The molecule has 112 valence electrons. The van der Waals surface area contributed by atoms with E-state index in [-0.39, 0.29) is 10.3 Å². The monoisotopic (exact) mass is 358 g/mol. The smallest absolute Gasteiger partial charge is 0.0979 e. The number of halogens is 1. The lowest BCUT2D eigenvalue weighted by atomic mass is 9.65. The van der Waals surface area contributed by atoms with Crippen LogP contribution in [-0.2, 0) is 16.5 Å². The Bertz CT molecular complexity index is 541. The first kappa shape index (κ1) is 16.1. The molecule has 3 atom stereocenters. The van der Waals surface area contributed by atoms with E-state index in [1.807, 2.05) is 27.0 Å². The lowest BCUT2D eigenvalue weighted by molar-refractivity contribution is 0.119. The number of pyridine rings is 1. The highest BCUT2D eigenvalue weighted by molar-refractivity contribution is 9.10. The normalized spacial score (nSPS) is 28.0. The van der Waals surface area contributed by atoms with Crippen molar-refractivity contribution >= 4 is 26.9 Å². The summed E-state index contributed by atoms with van der Waals surface area (Å²) in [4.78, 5) is 4.61. The topological polar surface area (TPSA) is 42.0 Å². The molecule has 0 aromatic carbocycles. The minimum atomic E-state index is -1.09. The molecule has 2 rings (SSSR count). The first-order valence-electron chi connectivity index (χ1n) is 6.99. The Morgan fingerprint density at radius 1 is 1.50 bits per heavy atom. The van der Waals surface area contributed by atoms with E-state index in [9.17, 15) is 4.21 Å². The van der Waals surface area contributed by atoms with Crippen molar-refractivity contribution in [2.24, 2.45) is 5.92 Å². The van der Waals surface area contributed by atoms with Gasteiger partial charge in [-0.3, -0.25) is 4.98 Å². The Kier molecular flexibility index (Phi) is 4.43. The average Bonchev–Trinajstić information content (AvgIpc) is 2.33. The Balaban J connectivity index is 2.38. The van der Waals surface area contributed by atoms with E-state index in [0.29, 0.717) is 5.92 Å². The molecule has 0 aliphatic heterocycles. The van der Waals surface area contributed by atoms with Gasteiger partial charge in [-0.1, -0.05) is 6.92 Å². The van der Waals surface area contributed by atoms with E-state index in [0.717, 1.165) is 28.6 Å². The third kappa shape index (κ3) is 2.85. The molecule has 1 heterocycles. The number of hydrogen-bond donors (Lipinski definition) is 1. The second-order valence-corrected chi connectivity index (χ2v) is 9.60. The van der Waals surface area contributed by atoms with Gasteiger partial charge in [0.05, 0.1) is 27.0 Å². The zero-order valence-corrected chi connectivity index (χ0v) is 15.2. The van der Waals surface area contributed by atoms with Crippen LogP contribution < -0.4 is 4.72 Å². The predicted octanol–water partition coefficient (Wildman–Crippen LogP) is 3.83. The third-order valence-electron chi connectivity index (χ3n) is 4.11. The van der Waals surface area contributed by atoms with Crippen LogP contribution in [0.25, 0.3) is 0 Å². The molecule has 1 aromatic rings. The molecule has 3 nitrogen and oxygen atoms in total. The second kappa shape index (κ2) is 5.50. The fourth-order valence-corrected chi connectivity index (χ4v) is 4.08. The molecule has 1 fully saturated rings. The SMILES string of the molecule is Cc1cc(Br)cnc1C1(NS(=O)C(C)(C)C)CC[C@@H]1C. The zero-order valence-electron chi connectivity index (χ0n) is 12.8. The maximum Gasteiger partial charge on any atom is 0.0979 e. The zero-order chi connectivity index (χ0) is 15.1. The largest absolute Gasteiger partial charge is 0.258 e. The van der Waals surface area contributed by atoms with Crippen LogP contribution in [0.4, 0.5) is 0 Å². The van der Waals surface area contributed by atoms with Crippen LogP contribution in [0.3, 0.4) is 0 Å². The number of aryl methyl sites for hydroxylation is 1. The number of nitrogens with one attached hydrogen (secondary N) is 1. The van der Waals surface area contributed by atoms with Crippen LogP contribution in [0.1, 0.15) is 51.8 Å². The van der Waals surface area contributed by atoms with E-state index in [2.05, 4.69) is 45.5 Å². The first-order valence-corrected chi connectivity index (χ1v) is 8.93. The van der Waals surface area contributed by atoms with Gasteiger partial charge in [0.15, 0.2) is 0 Å². The van der Waals surface area contributed by atoms with Crippen molar-refractivity contribution in [3.05, 3.63) is 28.0 Å². The average molecular weight is 359 g/mol. The highest BCUT2D eigenvalue weighted by atomic mass is 79.9. The summed E-state index contributed by atoms with van der Waals surface area (Å²) >= 11 is 3.46. The van der Waals surface area contributed by atoms with Gasteiger partial charge < -0.3 is 0 Å². The molecule has 1 aromatic heterocycles. The van der Waals surface area contributed by atoms with Crippen molar-refractivity contribution in [3.8, 4) is 0 Å². The molecular formula is C15H23BrN2OS. The molecular weight excluding hydrogens is 336 g/mol. The summed E-state index contributed by atoms with van der Waals surface area (Å²) < 4.78 is 16.6. The van der Waals surface area contributed by atoms with Gasteiger partial charge in [0, 0.05) is 10.7 Å². The fraction of sp³-hybridized carbons (Fsp3) is 0.667. The summed E-state index contributed by atoms with van der Waals surface area (Å²) in [5.41, 5.74) is 1.93. The summed E-state index contributed by atoms with van der Waals surface area (Å²) in [6.45, 7) is 10.3. The van der Waals surface area contributed by atoms with Gasteiger partial charge >= 0.3 is 0 Å². The van der Waals surface area contributed by atoms with Gasteiger partial charge in [-0.2, -0.15) is 0 Å². The maximum absolute atomic E-state index is 12.5. The Labute approximate surface area is 132 Å². The first-order chi connectivity index (χ1) is 9.17. The minimum Gasteiger partial charge on any atom is -0.258 e. The van der Waals surface area contributed by atoms with Crippen molar-refractivity contribution in [2.75, 3.05) is 0 Å². The van der Waals surface area contributed by atoms with Crippen molar-refractivity contribution in [1.29, 1.82) is 0 Å². The molecule has 0 bridgehead atoms. The third-order valence-corrected chi connectivity index (χ3v) is 6.21. The van der Waals surface area contributed by atoms with E-state index >= 15 is 0 Å². The molecule has 2 unspecified atom stereocenters. The van der Waals surface area contributed by atoms with Crippen molar-refractivity contribution in [2.45, 2.75) is 57.7 Å². The van der Waals surface area contributed by atoms with Crippen LogP contribution >= 0.6 is 15.9 Å². The highest BCUT2D eigenvalue weighted by Crippen LogP contribution is 2.47. The second-order valence-electron chi connectivity index (χ2n) is 6.71. The molecule has 0 saturated heterocycles. The maximum atomic E-state index is 12.5. The lowest BCUT2D eigenvalue weighted by Gasteiger charge is -2.49. The number of nitrogens with zero attached hydrogens (tertiary/aromatic N) is 1. The van der Waals surface area contributed by atoms with Gasteiger partial charge in [0.1, 0.15) is 0 Å². The summed E-state index contributed by atoms with van der Waals surface area (Å²) in [5, 5.41) is 0. The van der Waals surface area contributed by atoms with E-state index in [1.165, 1.54) is 0 Å². The van der Waals surface area contributed by atoms with E-state index in [1.54, 1.807) is 0 Å². The lowest BCUT2D eigenvalue weighted by Crippen LogP contribution is -2.57. The van der Waals surface area contributed by atoms with Crippen molar-refractivity contribution < 1.29 is 4.21 Å². The minimum absolute atomic E-state index is 0.247. The van der Waals surface area contributed by atoms with Crippen LogP contribution in [0.15, 0.2) is 16.7 Å². The van der Waals surface area contributed by atoms with Crippen LogP contribution in [-0.4, -0.2) is 13.9 Å². The van der Waals surface area contributed by atoms with Gasteiger partial charge in [-0.25, -0.2) is 8.93 Å². The molecule has 0 radical (unpaired) electrons. The molecule has 0 spiro atoms. The molecule has 1 aliphatic carbocycles. The van der Waals surface area contributed by atoms with Crippen LogP contribution in [0, 0.1) is 12.8 Å². The molecule has 0 amide bonds. The Hall–Kier alpha value is -0.260.